The van der Waals surface area contributed by atoms with Gasteiger partial charge in [-0.05, 0) is 37.6 Å². The number of halogens is 1. The molecule has 108 valence electrons. The average molecular weight is 293 g/mol. The van der Waals surface area contributed by atoms with Gasteiger partial charge >= 0.3 is 0 Å². The number of hydrogen-bond donors (Lipinski definition) is 1. The number of hydrogen-bond acceptors (Lipinski definition) is 3. The summed E-state index contributed by atoms with van der Waals surface area (Å²) >= 11 is 6.36. The molecule has 1 atom stereocenters. The predicted octanol–water partition coefficient (Wildman–Crippen LogP) is 3.15. The molecule has 0 radical (unpaired) electrons. The maximum absolute atomic E-state index is 6.36. The third-order valence-electron chi connectivity index (χ3n) is 3.40. The van der Waals surface area contributed by atoms with Crippen molar-refractivity contribution < 1.29 is 0 Å². The Labute approximate surface area is 125 Å². The molecule has 0 spiro atoms. The van der Waals surface area contributed by atoms with E-state index in [9.17, 15) is 0 Å². The lowest BCUT2D eigenvalue weighted by atomic mass is 10.0. The van der Waals surface area contributed by atoms with E-state index in [4.69, 9.17) is 11.6 Å². The van der Waals surface area contributed by atoms with Gasteiger partial charge in [-0.1, -0.05) is 30.7 Å². The number of nitrogens with zero attached hydrogens (tertiary/aromatic N) is 3. The lowest BCUT2D eigenvalue weighted by molar-refractivity contribution is 0.517. The second-order valence-electron chi connectivity index (χ2n) is 4.97. The number of rotatable bonds is 6. The lowest BCUT2D eigenvalue weighted by Gasteiger charge is -2.18. The first kappa shape index (κ1) is 15.0. The highest BCUT2D eigenvalue weighted by molar-refractivity contribution is 6.31. The summed E-state index contributed by atoms with van der Waals surface area (Å²) < 4.78 is 1.96. The second kappa shape index (κ2) is 6.86. The summed E-state index contributed by atoms with van der Waals surface area (Å²) in [6.45, 7) is 5.08. The normalized spacial score (nSPS) is 12.6. The van der Waals surface area contributed by atoms with Crippen LogP contribution in [0.2, 0.25) is 5.02 Å². The zero-order valence-corrected chi connectivity index (χ0v) is 13.0. The molecule has 1 aromatic carbocycles. The molecule has 5 heteroatoms. The lowest BCUT2D eigenvalue weighted by Crippen LogP contribution is -2.21. The summed E-state index contributed by atoms with van der Waals surface area (Å²) in [5, 5.41) is 8.39. The van der Waals surface area contributed by atoms with E-state index in [1.807, 2.05) is 24.7 Å². The van der Waals surface area contributed by atoms with Crippen LogP contribution in [0, 0.1) is 6.92 Å². The molecule has 0 saturated carbocycles. The van der Waals surface area contributed by atoms with Crippen LogP contribution in [-0.4, -0.2) is 21.8 Å². The highest BCUT2D eigenvalue weighted by Crippen LogP contribution is 2.26. The van der Waals surface area contributed by atoms with E-state index < -0.39 is 0 Å². The van der Waals surface area contributed by atoms with Crippen LogP contribution in [0.15, 0.2) is 24.5 Å². The van der Waals surface area contributed by atoms with Crippen LogP contribution in [0.4, 0.5) is 0 Å². The van der Waals surface area contributed by atoms with Crippen molar-refractivity contribution in [3.05, 3.63) is 46.5 Å². The van der Waals surface area contributed by atoms with Crippen LogP contribution in [0.25, 0.3) is 0 Å². The zero-order valence-electron chi connectivity index (χ0n) is 12.2. The molecule has 1 unspecified atom stereocenters. The Kier molecular flexibility index (Phi) is 5.15. The van der Waals surface area contributed by atoms with Gasteiger partial charge in [-0.25, -0.2) is 4.98 Å². The molecule has 0 bridgehead atoms. The first-order valence-electron chi connectivity index (χ1n) is 6.95. The minimum atomic E-state index is 0.142. The van der Waals surface area contributed by atoms with Crippen molar-refractivity contribution in [2.45, 2.75) is 39.3 Å². The van der Waals surface area contributed by atoms with Gasteiger partial charge in [-0.3, -0.25) is 4.68 Å². The summed E-state index contributed by atoms with van der Waals surface area (Å²) in [6, 6.07) is 6.31. The number of likely N-dealkylation sites (N-methyl/N-ethyl adjacent to an activating group) is 1. The van der Waals surface area contributed by atoms with Gasteiger partial charge in [0.05, 0.1) is 0 Å². The van der Waals surface area contributed by atoms with Gasteiger partial charge in [0.1, 0.15) is 12.2 Å². The first-order valence-corrected chi connectivity index (χ1v) is 7.33. The molecule has 4 nitrogen and oxygen atoms in total. The minimum absolute atomic E-state index is 0.142. The average Bonchev–Trinajstić information content (AvgIpc) is 2.84. The Balaban J connectivity index is 2.22. The maximum atomic E-state index is 6.36. The molecule has 1 aromatic heterocycles. The highest BCUT2D eigenvalue weighted by atomic mass is 35.5. The van der Waals surface area contributed by atoms with Gasteiger partial charge < -0.3 is 5.32 Å². The molecule has 2 aromatic rings. The molecule has 2 rings (SSSR count). The molecular weight excluding hydrogens is 272 g/mol. The number of aryl methyl sites for hydroxylation is 2. The summed E-state index contributed by atoms with van der Waals surface area (Å²) in [7, 11) is 1.95. The van der Waals surface area contributed by atoms with Crippen LogP contribution < -0.4 is 5.32 Å². The topological polar surface area (TPSA) is 42.7 Å². The van der Waals surface area contributed by atoms with E-state index in [-0.39, 0.29) is 6.04 Å². The Bertz CT molecular complexity index is 565. The number of nitrogens with one attached hydrogen (secondary N) is 1. The van der Waals surface area contributed by atoms with Gasteiger partial charge in [0.15, 0.2) is 0 Å². The standard InChI is InChI=1S/C15H21ClN4/c1-4-7-20-15(18-10-19-20)9-14(17-3)12-6-5-11(2)8-13(12)16/h5-6,8,10,14,17H,4,7,9H2,1-3H3. The fourth-order valence-electron chi connectivity index (χ4n) is 2.31. The van der Waals surface area contributed by atoms with E-state index in [0.717, 1.165) is 35.8 Å². The molecule has 0 aliphatic rings. The molecular formula is C15H21ClN4. The monoisotopic (exact) mass is 292 g/mol. The van der Waals surface area contributed by atoms with Crippen LogP contribution in [-0.2, 0) is 13.0 Å². The van der Waals surface area contributed by atoms with Crippen LogP contribution >= 0.6 is 11.6 Å². The Morgan fingerprint density at radius 2 is 2.20 bits per heavy atom. The number of benzene rings is 1. The van der Waals surface area contributed by atoms with E-state index in [1.54, 1.807) is 6.33 Å². The Morgan fingerprint density at radius 3 is 2.85 bits per heavy atom. The summed E-state index contributed by atoms with van der Waals surface area (Å²) in [4.78, 5) is 4.36. The van der Waals surface area contributed by atoms with Crippen LogP contribution in [0.5, 0.6) is 0 Å². The molecule has 0 amide bonds. The largest absolute Gasteiger partial charge is 0.313 e. The zero-order chi connectivity index (χ0) is 14.5. The van der Waals surface area contributed by atoms with E-state index in [1.165, 1.54) is 5.56 Å². The molecule has 20 heavy (non-hydrogen) atoms. The van der Waals surface area contributed by atoms with Crippen molar-refractivity contribution >= 4 is 11.6 Å². The van der Waals surface area contributed by atoms with Gasteiger partial charge in [-0.15, -0.1) is 0 Å². The van der Waals surface area contributed by atoms with E-state index in [2.05, 4.69) is 34.5 Å². The van der Waals surface area contributed by atoms with Gasteiger partial charge in [-0.2, -0.15) is 5.10 Å². The smallest absolute Gasteiger partial charge is 0.138 e. The quantitative estimate of drug-likeness (QED) is 0.889. The fraction of sp³-hybridized carbons (Fsp3) is 0.467. The van der Waals surface area contributed by atoms with E-state index in [0.29, 0.717) is 0 Å². The van der Waals surface area contributed by atoms with Gasteiger partial charge in [0.2, 0.25) is 0 Å². The molecule has 0 fully saturated rings. The fourth-order valence-corrected chi connectivity index (χ4v) is 2.68. The van der Waals surface area contributed by atoms with Crippen molar-refractivity contribution in [1.82, 2.24) is 20.1 Å². The first-order chi connectivity index (χ1) is 9.65. The maximum Gasteiger partial charge on any atom is 0.138 e. The number of aromatic nitrogens is 3. The SMILES string of the molecule is CCCn1ncnc1CC(NC)c1ccc(C)cc1Cl. The minimum Gasteiger partial charge on any atom is -0.313 e. The van der Waals surface area contributed by atoms with Crippen LogP contribution in [0.1, 0.15) is 36.3 Å². The van der Waals surface area contributed by atoms with E-state index >= 15 is 0 Å². The van der Waals surface area contributed by atoms with Gasteiger partial charge in [0.25, 0.3) is 0 Å². The molecule has 0 saturated heterocycles. The van der Waals surface area contributed by atoms with Gasteiger partial charge in [0, 0.05) is 24.0 Å². The molecule has 1 heterocycles. The summed E-state index contributed by atoms with van der Waals surface area (Å²) in [5.41, 5.74) is 2.27. The second-order valence-corrected chi connectivity index (χ2v) is 5.38. The third-order valence-corrected chi connectivity index (χ3v) is 3.72. The van der Waals surface area contributed by atoms with Crippen molar-refractivity contribution in [3.8, 4) is 0 Å². The van der Waals surface area contributed by atoms with Crippen molar-refractivity contribution in [1.29, 1.82) is 0 Å². The van der Waals surface area contributed by atoms with Crippen molar-refractivity contribution in [2.75, 3.05) is 7.05 Å². The van der Waals surface area contributed by atoms with Crippen molar-refractivity contribution in [3.63, 3.8) is 0 Å². The molecule has 1 N–H and O–H groups in total. The predicted molar refractivity (Wildman–Crippen MR) is 82.0 cm³/mol. The molecule has 0 aliphatic carbocycles. The third kappa shape index (κ3) is 3.38. The summed E-state index contributed by atoms with van der Waals surface area (Å²) in [5.74, 6) is 0.989. The summed E-state index contributed by atoms with van der Waals surface area (Å²) in [6.07, 6.45) is 3.44. The highest BCUT2D eigenvalue weighted by Gasteiger charge is 2.16. The molecule has 0 aliphatic heterocycles. The Hall–Kier alpha value is -1.39. The van der Waals surface area contributed by atoms with Crippen LogP contribution in [0.3, 0.4) is 0 Å². The Morgan fingerprint density at radius 1 is 1.40 bits per heavy atom. The van der Waals surface area contributed by atoms with Crippen molar-refractivity contribution in [2.24, 2.45) is 0 Å².